The number of hydrogen-bond donors (Lipinski definition) is 4. The van der Waals surface area contributed by atoms with Gasteiger partial charge in [0.15, 0.2) is 5.69 Å². The van der Waals surface area contributed by atoms with Crippen molar-refractivity contribution in [3.8, 4) is 11.4 Å². The van der Waals surface area contributed by atoms with E-state index in [-0.39, 0.29) is 18.8 Å². The lowest BCUT2D eigenvalue weighted by atomic mass is 10.1. The summed E-state index contributed by atoms with van der Waals surface area (Å²) in [6, 6.07) is 9.14. The lowest BCUT2D eigenvalue weighted by Crippen LogP contribution is -2.51. The number of carbonyl (C=O) groups excluding carboxylic acids is 1. The first-order valence-electron chi connectivity index (χ1n) is 10.1. The molecular weight excluding hydrogens is 412 g/mol. The molecule has 0 fully saturated rings. The average Bonchev–Trinajstić information content (AvgIpc) is 3.15. The van der Waals surface area contributed by atoms with Crippen molar-refractivity contribution in [1.29, 1.82) is 0 Å². The van der Waals surface area contributed by atoms with Crippen LogP contribution in [0.15, 0.2) is 36.5 Å². The number of benzene rings is 1. The maximum atomic E-state index is 12.0. The molecule has 2 aromatic heterocycles. The van der Waals surface area contributed by atoms with Crippen molar-refractivity contribution in [3.63, 3.8) is 0 Å². The van der Waals surface area contributed by atoms with E-state index >= 15 is 0 Å². The molecule has 0 saturated carbocycles. The molecule has 5 N–H and O–H groups in total. The molecule has 0 aliphatic carbocycles. The molecule has 0 bridgehead atoms. The Morgan fingerprint density at radius 3 is 2.62 bits per heavy atom. The summed E-state index contributed by atoms with van der Waals surface area (Å²) in [5, 5.41) is 13.8. The van der Waals surface area contributed by atoms with Gasteiger partial charge >= 0.3 is 6.09 Å². The number of aromatic nitrogens is 3. The number of primary amides is 1. The summed E-state index contributed by atoms with van der Waals surface area (Å²) in [7, 11) is 1.54. The average molecular weight is 441 g/mol. The number of anilines is 1. The monoisotopic (exact) mass is 440 g/mol. The van der Waals surface area contributed by atoms with Gasteiger partial charge in [0.25, 0.3) is 5.91 Å². The fourth-order valence-electron chi connectivity index (χ4n) is 3.44. The van der Waals surface area contributed by atoms with Crippen LogP contribution in [-0.4, -0.2) is 68.8 Å². The van der Waals surface area contributed by atoms with Crippen molar-refractivity contribution in [2.45, 2.75) is 32.4 Å². The van der Waals surface area contributed by atoms with Crippen molar-refractivity contribution >= 4 is 28.7 Å². The van der Waals surface area contributed by atoms with Crippen molar-refractivity contribution in [1.82, 2.24) is 19.9 Å². The van der Waals surface area contributed by atoms with Gasteiger partial charge in [-0.25, -0.2) is 14.8 Å². The first-order valence-corrected chi connectivity index (χ1v) is 10.1. The van der Waals surface area contributed by atoms with E-state index in [9.17, 15) is 14.7 Å². The van der Waals surface area contributed by atoms with Gasteiger partial charge in [-0.05, 0) is 32.9 Å². The van der Waals surface area contributed by atoms with Crippen LogP contribution in [0.3, 0.4) is 0 Å². The number of H-pyrrole nitrogens is 1. The zero-order valence-electron chi connectivity index (χ0n) is 18.5. The molecule has 32 heavy (non-hydrogen) atoms. The Morgan fingerprint density at radius 2 is 2.03 bits per heavy atom. The van der Waals surface area contributed by atoms with Crippen LogP contribution in [0.25, 0.3) is 22.3 Å². The van der Waals surface area contributed by atoms with E-state index in [2.05, 4.69) is 20.3 Å². The fraction of sp³-hybridized carbons (Fsp3) is 0.364. The number of nitrogens with one attached hydrogen (secondary N) is 2. The van der Waals surface area contributed by atoms with Gasteiger partial charge in [-0.1, -0.05) is 18.2 Å². The Balaban J connectivity index is 1.95. The molecule has 1 atom stereocenters. The minimum Gasteiger partial charge on any atom is -0.465 e. The van der Waals surface area contributed by atoms with E-state index in [1.54, 1.807) is 0 Å². The highest BCUT2D eigenvalue weighted by molar-refractivity contribution is 5.98. The van der Waals surface area contributed by atoms with Gasteiger partial charge in [0.2, 0.25) is 0 Å². The van der Waals surface area contributed by atoms with Crippen LogP contribution in [0.1, 0.15) is 31.3 Å². The summed E-state index contributed by atoms with van der Waals surface area (Å²) >= 11 is 0. The Bertz CT molecular complexity index is 1090. The predicted octanol–water partition coefficient (Wildman–Crippen LogP) is 2.93. The van der Waals surface area contributed by atoms with Gasteiger partial charge in [-0.15, -0.1) is 0 Å². The number of amides is 2. The largest absolute Gasteiger partial charge is 0.465 e. The van der Waals surface area contributed by atoms with Crippen LogP contribution in [0.4, 0.5) is 10.6 Å². The summed E-state index contributed by atoms with van der Waals surface area (Å²) in [5.74, 6) is -0.333. The quantitative estimate of drug-likeness (QED) is 0.421. The zero-order chi connectivity index (χ0) is 23.5. The van der Waals surface area contributed by atoms with E-state index in [4.69, 9.17) is 10.5 Å². The van der Waals surface area contributed by atoms with Gasteiger partial charge in [0.05, 0.1) is 24.5 Å². The lowest BCUT2D eigenvalue weighted by Gasteiger charge is -2.36. The van der Waals surface area contributed by atoms with Gasteiger partial charge in [0.1, 0.15) is 11.5 Å². The topological polar surface area (TPSA) is 146 Å². The smallest absolute Gasteiger partial charge is 0.407 e. The third kappa shape index (κ3) is 5.14. The van der Waals surface area contributed by atoms with Gasteiger partial charge < -0.3 is 30.8 Å². The number of rotatable bonds is 8. The maximum absolute atomic E-state index is 12.0. The summed E-state index contributed by atoms with van der Waals surface area (Å²) in [6.07, 6.45) is 0.367. The number of carboxylic acid groups (broad SMARTS) is 1. The third-order valence-electron chi connectivity index (χ3n) is 4.95. The Labute approximate surface area is 185 Å². The molecule has 0 saturated heterocycles. The Kier molecular flexibility index (Phi) is 6.64. The number of nitrogens with two attached hydrogens (primary N) is 1. The molecule has 0 spiro atoms. The minimum absolute atomic E-state index is 0.0345. The van der Waals surface area contributed by atoms with Gasteiger partial charge in [-0.2, -0.15) is 0 Å². The lowest BCUT2D eigenvalue weighted by molar-refractivity contribution is 0.0867. The van der Waals surface area contributed by atoms with Crippen LogP contribution < -0.4 is 11.1 Å². The molecule has 3 rings (SSSR count). The number of methoxy groups -OCH3 is 1. The van der Waals surface area contributed by atoms with Crippen molar-refractivity contribution in [2.75, 3.05) is 25.6 Å². The first kappa shape index (κ1) is 23.0. The number of ether oxygens (including phenoxy) is 1. The number of fused-ring (bicyclic) bond motifs is 1. The number of para-hydroxylation sites is 1. The number of carbonyl (C=O) groups is 2. The molecule has 10 heteroatoms. The molecule has 2 heterocycles. The van der Waals surface area contributed by atoms with Gasteiger partial charge in [0, 0.05) is 30.1 Å². The van der Waals surface area contributed by atoms with Crippen LogP contribution in [0.2, 0.25) is 0 Å². The zero-order valence-corrected chi connectivity index (χ0v) is 18.5. The highest BCUT2D eigenvalue weighted by Gasteiger charge is 2.29. The summed E-state index contributed by atoms with van der Waals surface area (Å²) in [5.41, 5.74) is 6.75. The standard InChI is InChI=1S/C22H28N6O4/c1-22(2,3)28(21(30)31)11-14(12-32-4)25-17-10-24-19(20(23)29)18(27-17)16-9-13-7-5-6-8-15(13)26-16/h5-10,14,26H,11-12H2,1-4H3,(H2,23,29)(H,25,27)(H,30,31)/t14-/m1/s1. The van der Waals surface area contributed by atoms with Crippen molar-refractivity contribution < 1.29 is 19.4 Å². The third-order valence-corrected chi connectivity index (χ3v) is 4.95. The van der Waals surface area contributed by atoms with Crippen LogP contribution >= 0.6 is 0 Å². The van der Waals surface area contributed by atoms with E-state index in [1.165, 1.54) is 18.2 Å². The molecule has 0 radical (unpaired) electrons. The highest BCUT2D eigenvalue weighted by Crippen LogP contribution is 2.26. The second-order valence-corrected chi connectivity index (χ2v) is 8.45. The number of nitrogens with zero attached hydrogens (tertiary/aromatic N) is 3. The Morgan fingerprint density at radius 1 is 1.31 bits per heavy atom. The second kappa shape index (κ2) is 9.23. The van der Waals surface area contributed by atoms with E-state index < -0.39 is 23.6 Å². The predicted molar refractivity (Wildman–Crippen MR) is 122 cm³/mol. The molecule has 0 unspecified atom stereocenters. The highest BCUT2D eigenvalue weighted by atomic mass is 16.5. The summed E-state index contributed by atoms with van der Waals surface area (Å²) in [4.78, 5) is 37.1. The van der Waals surface area contributed by atoms with Crippen LogP contribution in [0, 0.1) is 0 Å². The molecule has 3 aromatic rings. The Hall–Kier alpha value is -3.66. The van der Waals surface area contributed by atoms with E-state index in [0.29, 0.717) is 17.2 Å². The normalized spacial score (nSPS) is 12.5. The SMILES string of the molecule is COC[C@@H](CN(C(=O)O)C(C)(C)C)Nc1cnc(C(N)=O)c(-c2cc3ccccc3[nH]2)n1. The molecule has 2 amide bonds. The molecule has 170 valence electrons. The van der Waals surface area contributed by atoms with Gasteiger partial charge in [-0.3, -0.25) is 4.79 Å². The maximum Gasteiger partial charge on any atom is 0.407 e. The van der Waals surface area contributed by atoms with E-state index in [0.717, 1.165) is 10.9 Å². The molecule has 10 nitrogen and oxygen atoms in total. The molecule has 1 aromatic carbocycles. The van der Waals surface area contributed by atoms with Crippen LogP contribution in [0.5, 0.6) is 0 Å². The summed E-state index contributed by atoms with van der Waals surface area (Å²) < 4.78 is 5.28. The van der Waals surface area contributed by atoms with Crippen LogP contribution in [-0.2, 0) is 4.74 Å². The van der Waals surface area contributed by atoms with E-state index in [1.807, 2.05) is 51.1 Å². The summed E-state index contributed by atoms with van der Waals surface area (Å²) in [6.45, 7) is 5.86. The molecule has 0 aliphatic rings. The van der Waals surface area contributed by atoms with Crippen molar-refractivity contribution in [2.24, 2.45) is 5.73 Å². The molecular formula is C22H28N6O4. The second-order valence-electron chi connectivity index (χ2n) is 8.45. The van der Waals surface area contributed by atoms with Crippen molar-refractivity contribution in [3.05, 3.63) is 42.2 Å². The number of hydrogen-bond acceptors (Lipinski definition) is 6. The minimum atomic E-state index is -1.03. The fourth-order valence-corrected chi connectivity index (χ4v) is 3.44. The number of aromatic amines is 1. The first-order chi connectivity index (χ1) is 15.1. The molecule has 0 aliphatic heterocycles.